The minimum atomic E-state index is 0. The second-order valence-electron chi connectivity index (χ2n) is 0.983. The molecule has 0 aliphatic heterocycles. The van der Waals surface area contributed by atoms with Crippen LogP contribution in [0.4, 0.5) is 0 Å². The van der Waals surface area contributed by atoms with Crippen LogP contribution in [0, 0.1) is 0 Å². The average Bonchev–Trinajstić information content (AvgIpc) is 1.86. The molecule has 0 unspecified atom stereocenters. The van der Waals surface area contributed by atoms with Crippen LogP contribution in [0.25, 0.3) is 0 Å². The third-order valence-electron chi connectivity index (χ3n) is 0.451. The predicted molar refractivity (Wildman–Crippen MR) is 25.9 cm³/mol. The van der Waals surface area contributed by atoms with Gasteiger partial charge in [0, 0.05) is 7.05 Å². The molecule has 0 radical (unpaired) electrons. The van der Waals surface area contributed by atoms with Crippen molar-refractivity contribution in [2.24, 2.45) is 7.05 Å². The quantitative estimate of drug-likeness (QED) is 0.382. The Hall–Kier alpha value is 0.0700. The molecule has 0 aliphatic rings. The zero-order valence-corrected chi connectivity index (χ0v) is 3.37. The summed E-state index contributed by atoms with van der Waals surface area (Å²) < 4.78 is 1.53. The van der Waals surface area contributed by atoms with Crippen LogP contribution in [0.3, 0.4) is 0 Å². The van der Waals surface area contributed by atoms with Crippen molar-refractivity contribution in [3.63, 3.8) is 0 Å². The Morgan fingerprint density at radius 1 is 1.57 bits per heavy atom. The summed E-state index contributed by atoms with van der Waals surface area (Å²) in [5, 5.41) is 10.2. The number of hydrogen-bond donors (Lipinski definition) is 0. The Morgan fingerprint density at radius 2 is 2.29 bits per heavy atom. The molecule has 0 N–H and O–H groups in total. The molecule has 4 nitrogen and oxygen atoms in total. The molecule has 0 aromatic carbocycles. The molecule has 0 spiro atoms. The summed E-state index contributed by atoms with van der Waals surface area (Å²) in [4.78, 5) is 0. The standard InChI is InChI=1S/C2H4N4.Na.H/c1-6-2-3-4-5-6;;/h2H,1H3;;. The number of aromatic nitrogens is 4. The summed E-state index contributed by atoms with van der Waals surface area (Å²) in [5.74, 6) is 0. The monoisotopic (exact) mass is 108 g/mol. The number of nitrogens with zero attached hydrogens (tertiary/aromatic N) is 4. The van der Waals surface area contributed by atoms with Crippen molar-refractivity contribution in [2.75, 3.05) is 0 Å². The molecular weight excluding hydrogens is 103 g/mol. The first-order valence-corrected chi connectivity index (χ1v) is 1.56. The van der Waals surface area contributed by atoms with Crippen LogP contribution in [-0.4, -0.2) is 49.8 Å². The Morgan fingerprint density at radius 3 is 2.43 bits per heavy atom. The van der Waals surface area contributed by atoms with Gasteiger partial charge in [0.15, 0.2) is 0 Å². The van der Waals surface area contributed by atoms with Gasteiger partial charge in [-0.3, -0.25) is 0 Å². The second kappa shape index (κ2) is 3.12. The van der Waals surface area contributed by atoms with Crippen LogP contribution < -0.4 is 0 Å². The molecule has 1 aromatic rings. The molecule has 1 heterocycles. The van der Waals surface area contributed by atoms with Gasteiger partial charge >= 0.3 is 29.6 Å². The molecule has 1 rings (SSSR count). The molecule has 0 fully saturated rings. The summed E-state index contributed by atoms with van der Waals surface area (Å²) in [6.07, 6.45) is 1.53. The summed E-state index contributed by atoms with van der Waals surface area (Å²) in [6.45, 7) is 0. The SMILES string of the molecule is Cn1cnnn1.[NaH]. The van der Waals surface area contributed by atoms with E-state index in [-0.39, 0.29) is 29.6 Å². The normalized spacial score (nSPS) is 7.57. The van der Waals surface area contributed by atoms with E-state index in [1.165, 1.54) is 11.0 Å². The van der Waals surface area contributed by atoms with Crippen LogP contribution in [0.15, 0.2) is 6.33 Å². The van der Waals surface area contributed by atoms with Gasteiger partial charge in [0.2, 0.25) is 0 Å². The number of rotatable bonds is 0. The van der Waals surface area contributed by atoms with Gasteiger partial charge in [-0.25, -0.2) is 4.68 Å². The first-order valence-electron chi connectivity index (χ1n) is 1.56. The molecule has 5 heteroatoms. The zero-order valence-electron chi connectivity index (χ0n) is 3.37. The maximum absolute atomic E-state index is 3.47. The molecular formula is C2H5N4Na. The van der Waals surface area contributed by atoms with Crippen molar-refractivity contribution in [3.05, 3.63) is 6.33 Å². The Balaban J connectivity index is 0.000000360. The summed E-state index contributed by atoms with van der Waals surface area (Å²) in [5.41, 5.74) is 0. The molecule has 34 valence electrons. The van der Waals surface area contributed by atoms with Crippen LogP contribution in [0.2, 0.25) is 0 Å². The molecule has 0 saturated heterocycles. The molecule has 0 saturated carbocycles. The Bertz CT molecular complexity index is 113. The van der Waals surface area contributed by atoms with E-state index in [1.54, 1.807) is 7.05 Å². The zero-order chi connectivity index (χ0) is 4.41. The topological polar surface area (TPSA) is 43.6 Å². The van der Waals surface area contributed by atoms with Gasteiger partial charge in [0.1, 0.15) is 6.33 Å². The number of aryl methyl sites for hydroxylation is 1. The fourth-order valence-corrected chi connectivity index (χ4v) is 0.207. The summed E-state index contributed by atoms with van der Waals surface area (Å²) in [7, 11) is 1.76. The van der Waals surface area contributed by atoms with Crippen molar-refractivity contribution in [2.45, 2.75) is 0 Å². The second-order valence-corrected chi connectivity index (χ2v) is 0.983. The molecule has 1 aromatic heterocycles. The van der Waals surface area contributed by atoms with Gasteiger partial charge < -0.3 is 0 Å². The molecule has 0 bridgehead atoms. The van der Waals surface area contributed by atoms with Gasteiger partial charge in [-0.2, -0.15) is 0 Å². The summed E-state index contributed by atoms with van der Waals surface area (Å²) in [6, 6.07) is 0. The van der Waals surface area contributed by atoms with Crippen molar-refractivity contribution in [3.8, 4) is 0 Å². The van der Waals surface area contributed by atoms with Crippen LogP contribution in [-0.2, 0) is 7.05 Å². The molecule has 0 amide bonds. The van der Waals surface area contributed by atoms with Crippen LogP contribution in [0.5, 0.6) is 0 Å². The maximum atomic E-state index is 3.47. The van der Waals surface area contributed by atoms with E-state index in [9.17, 15) is 0 Å². The first kappa shape index (κ1) is 7.07. The van der Waals surface area contributed by atoms with Crippen LogP contribution in [0.1, 0.15) is 0 Å². The molecule has 0 aliphatic carbocycles. The van der Waals surface area contributed by atoms with E-state index in [2.05, 4.69) is 15.5 Å². The third-order valence-corrected chi connectivity index (χ3v) is 0.451. The van der Waals surface area contributed by atoms with E-state index < -0.39 is 0 Å². The van der Waals surface area contributed by atoms with Gasteiger partial charge in [-0.15, -0.1) is 5.10 Å². The Kier molecular flexibility index (Phi) is 3.15. The van der Waals surface area contributed by atoms with Gasteiger partial charge in [-0.1, -0.05) is 0 Å². The minimum absolute atomic E-state index is 0. The van der Waals surface area contributed by atoms with E-state index >= 15 is 0 Å². The third kappa shape index (κ3) is 2.01. The van der Waals surface area contributed by atoms with Gasteiger partial charge in [-0.05, 0) is 10.4 Å². The van der Waals surface area contributed by atoms with E-state index in [4.69, 9.17) is 0 Å². The first-order chi connectivity index (χ1) is 2.89. The predicted octanol–water partition coefficient (Wildman–Crippen LogP) is -1.44. The number of hydrogen-bond acceptors (Lipinski definition) is 3. The number of tetrazole rings is 1. The van der Waals surface area contributed by atoms with E-state index in [0.717, 1.165) is 0 Å². The molecule has 7 heavy (non-hydrogen) atoms. The van der Waals surface area contributed by atoms with Crippen molar-refractivity contribution in [1.29, 1.82) is 0 Å². The van der Waals surface area contributed by atoms with Crippen molar-refractivity contribution >= 4 is 29.6 Å². The summed E-state index contributed by atoms with van der Waals surface area (Å²) >= 11 is 0. The fourth-order valence-electron chi connectivity index (χ4n) is 0.207. The molecule has 0 atom stereocenters. The van der Waals surface area contributed by atoms with Crippen molar-refractivity contribution in [1.82, 2.24) is 20.2 Å². The van der Waals surface area contributed by atoms with Gasteiger partial charge in [0.25, 0.3) is 0 Å². The average molecular weight is 108 g/mol. The fraction of sp³-hybridized carbons (Fsp3) is 0.500. The van der Waals surface area contributed by atoms with Gasteiger partial charge in [0.05, 0.1) is 0 Å². The van der Waals surface area contributed by atoms with E-state index in [1.807, 2.05) is 0 Å². The van der Waals surface area contributed by atoms with Crippen molar-refractivity contribution < 1.29 is 0 Å². The van der Waals surface area contributed by atoms with Crippen LogP contribution >= 0.6 is 0 Å². The van der Waals surface area contributed by atoms with E-state index in [0.29, 0.717) is 0 Å². The Labute approximate surface area is 63.2 Å².